The molecule has 1 unspecified atom stereocenters. The van der Waals surface area contributed by atoms with Crippen molar-refractivity contribution in [3.05, 3.63) is 29.3 Å². The highest BCUT2D eigenvalue weighted by atomic mass is 16.5. The van der Waals surface area contributed by atoms with E-state index in [2.05, 4.69) is 5.32 Å². The smallest absolute Gasteiger partial charge is 0.228 e. The lowest BCUT2D eigenvalue weighted by atomic mass is 10.0. The lowest BCUT2D eigenvalue weighted by Crippen LogP contribution is -2.16. The minimum atomic E-state index is -0.129. The monoisotopic (exact) mass is 206 g/mol. The number of nitrogens with two attached hydrogens (primary N) is 1. The van der Waals surface area contributed by atoms with Crippen molar-refractivity contribution in [2.24, 2.45) is 5.73 Å². The van der Waals surface area contributed by atoms with Gasteiger partial charge in [0.25, 0.3) is 0 Å². The average Bonchev–Trinajstić information content (AvgIpc) is 2.57. The van der Waals surface area contributed by atoms with Crippen LogP contribution in [-0.4, -0.2) is 19.6 Å². The van der Waals surface area contributed by atoms with Crippen molar-refractivity contribution in [1.29, 1.82) is 0 Å². The van der Waals surface area contributed by atoms with Gasteiger partial charge in [0.1, 0.15) is 0 Å². The van der Waals surface area contributed by atoms with Gasteiger partial charge in [-0.1, -0.05) is 12.1 Å². The van der Waals surface area contributed by atoms with E-state index in [1.165, 1.54) is 0 Å². The van der Waals surface area contributed by atoms with Crippen LogP contribution in [0.15, 0.2) is 18.2 Å². The second-order valence-corrected chi connectivity index (χ2v) is 3.70. The maximum absolute atomic E-state index is 11.1. The number of rotatable bonds is 3. The normalized spacial score (nSPS) is 16.0. The summed E-state index contributed by atoms with van der Waals surface area (Å²) >= 11 is 0. The number of anilines is 1. The third-order valence-corrected chi connectivity index (χ3v) is 2.53. The maximum atomic E-state index is 11.1. The van der Waals surface area contributed by atoms with Crippen LogP contribution in [0.5, 0.6) is 0 Å². The lowest BCUT2D eigenvalue weighted by Gasteiger charge is -2.11. The Hall–Kier alpha value is -1.39. The van der Waals surface area contributed by atoms with Gasteiger partial charge in [0.15, 0.2) is 0 Å². The van der Waals surface area contributed by atoms with E-state index in [-0.39, 0.29) is 11.9 Å². The summed E-state index contributed by atoms with van der Waals surface area (Å²) in [4.78, 5) is 11.1. The van der Waals surface area contributed by atoms with Crippen LogP contribution in [-0.2, 0) is 16.0 Å². The van der Waals surface area contributed by atoms with Crippen LogP contribution in [0.4, 0.5) is 5.69 Å². The van der Waals surface area contributed by atoms with Gasteiger partial charge in [-0.05, 0) is 17.2 Å². The molecule has 0 saturated heterocycles. The molecule has 0 radical (unpaired) electrons. The van der Waals surface area contributed by atoms with E-state index in [0.717, 1.165) is 16.8 Å². The molecule has 1 aromatic rings. The van der Waals surface area contributed by atoms with Crippen LogP contribution in [0.25, 0.3) is 0 Å². The molecule has 80 valence electrons. The van der Waals surface area contributed by atoms with Crippen molar-refractivity contribution in [1.82, 2.24) is 0 Å². The van der Waals surface area contributed by atoms with Crippen LogP contribution < -0.4 is 11.1 Å². The van der Waals surface area contributed by atoms with Gasteiger partial charge in [-0.3, -0.25) is 4.79 Å². The topological polar surface area (TPSA) is 64.3 Å². The molecule has 1 aliphatic heterocycles. The summed E-state index contributed by atoms with van der Waals surface area (Å²) in [5, 5.41) is 2.78. The van der Waals surface area contributed by atoms with Gasteiger partial charge in [0.2, 0.25) is 5.91 Å². The molecular formula is C11H14N2O2. The molecule has 3 N–H and O–H groups in total. The van der Waals surface area contributed by atoms with Gasteiger partial charge in [-0.25, -0.2) is 0 Å². The number of ether oxygens (including phenoxy) is 1. The highest BCUT2D eigenvalue weighted by Gasteiger charge is 2.18. The summed E-state index contributed by atoms with van der Waals surface area (Å²) in [5.74, 6) is 0.0439. The molecule has 1 amide bonds. The largest absolute Gasteiger partial charge is 0.383 e. The van der Waals surface area contributed by atoms with Gasteiger partial charge in [-0.2, -0.15) is 0 Å². The maximum Gasteiger partial charge on any atom is 0.228 e. The Morgan fingerprint density at radius 3 is 3.13 bits per heavy atom. The van der Waals surface area contributed by atoms with Gasteiger partial charge in [0, 0.05) is 12.8 Å². The van der Waals surface area contributed by atoms with E-state index in [1.54, 1.807) is 7.11 Å². The van der Waals surface area contributed by atoms with Crippen molar-refractivity contribution in [2.45, 2.75) is 12.5 Å². The Kier molecular flexibility index (Phi) is 2.70. The molecule has 0 aromatic heterocycles. The summed E-state index contributed by atoms with van der Waals surface area (Å²) < 4.78 is 4.99. The molecule has 0 spiro atoms. The Morgan fingerprint density at radius 2 is 2.40 bits per heavy atom. The molecule has 0 aliphatic carbocycles. The third kappa shape index (κ3) is 2.00. The predicted octanol–water partition coefficient (Wildman–Crippen LogP) is 0.827. The Bertz CT molecular complexity index is 390. The number of hydrogen-bond donors (Lipinski definition) is 2. The second kappa shape index (κ2) is 4.00. The standard InChI is InChI=1S/C11H14N2O2/c1-15-6-9(12)7-2-3-10-8(4-7)5-11(14)13-10/h2-4,9H,5-6,12H2,1H3,(H,13,14). The zero-order chi connectivity index (χ0) is 10.8. The van der Waals surface area contributed by atoms with E-state index < -0.39 is 0 Å². The summed E-state index contributed by atoms with van der Waals surface area (Å²) in [6.07, 6.45) is 0.447. The van der Waals surface area contributed by atoms with Crippen LogP contribution in [0.2, 0.25) is 0 Å². The van der Waals surface area contributed by atoms with Crippen LogP contribution in [0.3, 0.4) is 0 Å². The van der Waals surface area contributed by atoms with Crippen molar-refractivity contribution < 1.29 is 9.53 Å². The number of methoxy groups -OCH3 is 1. The average molecular weight is 206 g/mol. The molecule has 1 heterocycles. The molecule has 1 atom stereocenters. The second-order valence-electron chi connectivity index (χ2n) is 3.70. The van der Waals surface area contributed by atoms with Crippen molar-refractivity contribution in [3.63, 3.8) is 0 Å². The fourth-order valence-electron chi connectivity index (χ4n) is 1.76. The lowest BCUT2D eigenvalue weighted by molar-refractivity contribution is -0.115. The number of nitrogens with one attached hydrogen (secondary N) is 1. The molecule has 4 heteroatoms. The third-order valence-electron chi connectivity index (χ3n) is 2.53. The fourth-order valence-corrected chi connectivity index (χ4v) is 1.76. The van der Waals surface area contributed by atoms with E-state index in [4.69, 9.17) is 10.5 Å². The number of fused-ring (bicyclic) bond motifs is 1. The number of hydrogen-bond acceptors (Lipinski definition) is 3. The zero-order valence-corrected chi connectivity index (χ0v) is 8.62. The molecule has 4 nitrogen and oxygen atoms in total. The fraction of sp³-hybridized carbons (Fsp3) is 0.364. The molecule has 0 saturated carbocycles. The number of carbonyl (C=O) groups excluding carboxylic acids is 1. The summed E-state index contributed by atoms with van der Waals surface area (Å²) in [6.45, 7) is 0.486. The van der Waals surface area contributed by atoms with E-state index in [1.807, 2.05) is 18.2 Å². The highest BCUT2D eigenvalue weighted by Crippen LogP contribution is 2.25. The van der Waals surface area contributed by atoms with Crippen molar-refractivity contribution in [3.8, 4) is 0 Å². The first-order chi connectivity index (χ1) is 7.20. The van der Waals surface area contributed by atoms with Crippen molar-refractivity contribution >= 4 is 11.6 Å². The summed E-state index contributed by atoms with van der Waals surface area (Å²) in [7, 11) is 1.62. The zero-order valence-electron chi connectivity index (χ0n) is 8.62. The molecule has 15 heavy (non-hydrogen) atoms. The summed E-state index contributed by atoms with van der Waals surface area (Å²) in [6, 6.07) is 5.66. The minimum Gasteiger partial charge on any atom is -0.383 e. The Morgan fingerprint density at radius 1 is 1.60 bits per heavy atom. The summed E-state index contributed by atoms with van der Waals surface area (Å²) in [5.41, 5.74) is 8.82. The minimum absolute atomic E-state index is 0.0439. The first kappa shape index (κ1) is 10.1. The molecule has 0 bridgehead atoms. The van der Waals surface area contributed by atoms with E-state index in [9.17, 15) is 4.79 Å². The Balaban J connectivity index is 2.23. The molecular weight excluding hydrogens is 192 g/mol. The molecule has 2 rings (SSSR count). The van der Waals surface area contributed by atoms with Gasteiger partial charge < -0.3 is 15.8 Å². The molecule has 1 aliphatic rings. The number of carbonyl (C=O) groups is 1. The number of amides is 1. The highest BCUT2D eigenvalue weighted by molar-refractivity contribution is 5.99. The van der Waals surface area contributed by atoms with Crippen LogP contribution >= 0.6 is 0 Å². The predicted molar refractivity (Wildman–Crippen MR) is 57.6 cm³/mol. The number of benzene rings is 1. The quantitative estimate of drug-likeness (QED) is 0.769. The SMILES string of the molecule is COCC(N)c1ccc2c(c1)CC(=O)N2. The van der Waals surface area contributed by atoms with E-state index >= 15 is 0 Å². The first-order valence-corrected chi connectivity index (χ1v) is 4.88. The van der Waals surface area contributed by atoms with E-state index in [0.29, 0.717) is 13.0 Å². The molecule has 1 aromatic carbocycles. The van der Waals surface area contributed by atoms with Crippen LogP contribution in [0.1, 0.15) is 17.2 Å². The van der Waals surface area contributed by atoms with Crippen molar-refractivity contribution in [2.75, 3.05) is 19.0 Å². The molecule has 0 fully saturated rings. The van der Waals surface area contributed by atoms with Crippen LogP contribution in [0, 0.1) is 0 Å². The van der Waals surface area contributed by atoms with Gasteiger partial charge in [0.05, 0.1) is 19.1 Å². The first-order valence-electron chi connectivity index (χ1n) is 4.88. The van der Waals surface area contributed by atoms with Gasteiger partial charge >= 0.3 is 0 Å². The Labute approximate surface area is 88.4 Å². The van der Waals surface area contributed by atoms with Gasteiger partial charge in [-0.15, -0.1) is 0 Å².